The maximum atomic E-state index is 12.1. The van der Waals surface area contributed by atoms with Gasteiger partial charge in [-0.05, 0) is 19.3 Å². The fourth-order valence-corrected chi connectivity index (χ4v) is 3.45. The standard InChI is InChI=1S/C13H19NO3S/c1-9(15)18-8-4-7-14-12(16)10-5-2-3-6-11(10)13(14)17/h10-11H,2-8H2,1H3/t10-,11-/m0/s1. The Labute approximate surface area is 111 Å². The van der Waals surface area contributed by atoms with Gasteiger partial charge in [-0.3, -0.25) is 19.3 Å². The highest BCUT2D eigenvalue weighted by Gasteiger charge is 2.47. The Morgan fingerprint density at radius 2 is 1.78 bits per heavy atom. The lowest BCUT2D eigenvalue weighted by atomic mass is 9.81. The van der Waals surface area contributed by atoms with Crippen LogP contribution in [-0.4, -0.2) is 34.1 Å². The number of amides is 2. The van der Waals surface area contributed by atoms with Gasteiger partial charge in [0, 0.05) is 19.2 Å². The molecular formula is C13H19NO3S. The van der Waals surface area contributed by atoms with E-state index < -0.39 is 0 Å². The molecule has 0 N–H and O–H groups in total. The molecule has 18 heavy (non-hydrogen) atoms. The summed E-state index contributed by atoms with van der Waals surface area (Å²) in [6, 6.07) is 0. The molecule has 1 aliphatic heterocycles. The topological polar surface area (TPSA) is 54.5 Å². The number of fused-ring (bicyclic) bond motifs is 1. The molecule has 1 saturated heterocycles. The summed E-state index contributed by atoms with van der Waals surface area (Å²) in [6.07, 6.45) is 4.57. The van der Waals surface area contributed by atoms with E-state index >= 15 is 0 Å². The summed E-state index contributed by atoms with van der Waals surface area (Å²) in [7, 11) is 0. The minimum absolute atomic E-state index is 0.0255. The molecule has 0 aromatic heterocycles. The van der Waals surface area contributed by atoms with Crippen LogP contribution in [0.4, 0.5) is 0 Å². The second kappa shape index (κ2) is 5.87. The normalized spacial score (nSPS) is 27.5. The van der Waals surface area contributed by atoms with Gasteiger partial charge in [0.05, 0.1) is 11.8 Å². The van der Waals surface area contributed by atoms with Crippen LogP contribution in [-0.2, 0) is 14.4 Å². The molecule has 0 unspecified atom stereocenters. The van der Waals surface area contributed by atoms with Crippen molar-refractivity contribution in [3.63, 3.8) is 0 Å². The van der Waals surface area contributed by atoms with Crippen molar-refractivity contribution in [2.24, 2.45) is 11.8 Å². The Morgan fingerprint density at radius 3 is 2.28 bits per heavy atom. The second-order valence-corrected chi connectivity index (χ2v) is 6.29. The van der Waals surface area contributed by atoms with Crippen molar-refractivity contribution in [3.8, 4) is 0 Å². The molecule has 0 aromatic rings. The van der Waals surface area contributed by atoms with Gasteiger partial charge >= 0.3 is 0 Å². The molecule has 1 saturated carbocycles. The molecule has 5 heteroatoms. The number of rotatable bonds is 4. The Bertz CT molecular complexity index is 345. The first-order valence-electron chi connectivity index (χ1n) is 6.60. The summed E-state index contributed by atoms with van der Waals surface area (Å²) in [4.78, 5) is 36.4. The zero-order chi connectivity index (χ0) is 13.1. The van der Waals surface area contributed by atoms with E-state index in [2.05, 4.69) is 0 Å². The number of likely N-dealkylation sites (tertiary alicyclic amines) is 1. The fraction of sp³-hybridized carbons (Fsp3) is 0.769. The molecule has 2 rings (SSSR count). The van der Waals surface area contributed by atoms with E-state index in [1.54, 1.807) is 0 Å². The summed E-state index contributed by atoms with van der Waals surface area (Å²) in [5.41, 5.74) is 0. The van der Waals surface area contributed by atoms with Gasteiger partial charge in [-0.25, -0.2) is 0 Å². The molecule has 2 fully saturated rings. The number of carbonyl (C=O) groups excluding carboxylic acids is 3. The molecule has 2 atom stereocenters. The Balaban J connectivity index is 1.87. The summed E-state index contributed by atoms with van der Waals surface area (Å²) >= 11 is 1.25. The Morgan fingerprint density at radius 1 is 1.22 bits per heavy atom. The van der Waals surface area contributed by atoms with E-state index in [-0.39, 0.29) is 28.8 Å². The van der Waals surface area contributed by atoms with Crippen LogP contribution in [0.1, 0.15) is 39.0 Å². The van der Waals surface area contributed by atoms with Crippen molar-refractivity contribution in [1.29, 1.82) is 0 Å². The molecule has 4 nitrogen and oxygen atoms in total. The fourth-order valence-electron chi connectivity index (χ4n) is 2.89. The zero-order valence-corrected chi connectivity index (χ0v) is 11.5. The van der Waals surface area contributed by atoms with E-state index in [0.717, 1.165) is 25.7 Å². The van der Waals surface area contributed by atoms with Gasteiger partial charge in [0.25, 0.3) is 0 Å². The van der Waals surface area contributed by atoms with Crippen LogP contribution in [0, 0.1) is 11.8 Å². The molecule has 100 valence electrons. The Hall–Kier alpha value is -0.840. The van der Waals surface area contributed by atoms with Gasteiger partial charge in [0.1, 0.15) is 0 Å². The molecule has 2 amide bonds. The number of carbonyl (C=O) groups is 3. The minimum Gasteiger partial charge on any atom is -0.288 e. The zero-order valence-electron chi connectivity index (χ0n) is 10.7. The van der Waals surface area contributed by atoms with E-state index in [0.29, 0.717) is 18.7 Å². The van der Waals surface area contributed by atoms with Crippen molar-refractivity contribution in [1.82, 2.24) is 4.90 Å². The van der Waals surface area contributed by atoms with E-state index in [1.807, 2.05) is 0 Å². The molecule has 1 aliphatic carbocycles. The van der Waals surface area contributed by atoms with Gasteiger partial charge < -0.3 is 0 Å². The third-order valence-corrected chi connectivity index (χ3v) is 4.66. The predicted molar refractivity (Wildman–Crippen MR) is 69.9 cm³/mol. The van der Waals surface area contributed by atoms with E-state index in [9.17, 15) is 14.4 Å². The highest BCUT2D eigenvalue weighted by molar-refractivity contribution is 8.13. The molecule has 0 aromatic carbocycles. The number of imide groups is 1. The average molecular weight is 269 g/mol. The summed E-state index contributed by atoms with van der Waals surface area (Å²) in [5, 5.41) is 0.0859. The average Bonchev–Trinajstić information content (AvgIpc) is 2.59. The molecule has 0 radical (unpaired) electrons. The largest absolute Gasteiger partial charge is 0.288 e. The van der Waals surface area contributed by atoms with Crippen molar-refractivity contribution in [2.75, 3.05) is 12.3 Å². The first kappa shape index (κ1) is 13.6. The molecule has 2 aliphatic rings. The third-order valence-electron chi connectivity index (χ3n) is 3.76. The highest BCUT2D eigenvalue weighted by atomic mass is 32.2. The predicted octanol–water partition coefficient (Wildman–Crippen LogP) is 1.83. The van der Waals surface area contributed by atoms with Gasteiger partial charge in [-0.15, -0.1) is 0 Å². The van der Waals surface area contributed by atoms with Gasteiger partial charge in [0.2, 0.25) is 11.8 Å². The summed E-state index contributed by atoms with van der Waals surface area (Å²) in [5.74, 6) is 0.635. The number of nitrogens with zero attached hydrogens (tertiary/aromatic N) is 1. The van der Waals surface area contributed by atoms with Crippen molar-refractivity contribution in [3.05, 3.63) is 0 Å². The van der Waals surface area contributed by atoms with Crippen molar-refractivity contribution < 1.29 is 14.4 Å². The third kappa shape index (κ3) is 2.76. The quantitative estimate of drug-likeness (QED) is 0.577. The monoisotopic (exact) mass is 269 g/mol. The van der Waals surface area contributed by atoms with Crippen molar-refractivity contribution >= 4 is 28.7 Å². The molecule has 0 bridgehead atoms. The maximum Gasteiger partial charge on any atom is 0.233 e. The van der Waals surface area contributed by atoms with Crippen LogP contribution in [0.2, 0.25) is 0 Å². The number of hydrogen-bond donors (Lipinski definition) is 0. The molecule has 0 spiro atoms. The highest BCUT2D eigenvalue weighted by Crippen LogP contribution is 2.37. The van der Waals surface area contributed by atoms with Gasteiger partial charge in [0.15, 0.2) is 5.12 Å². The van der Waals surface area contributed by atoms with Crippen LogP contribution in [0.5, 0.6) is 0 Å². The van der Waals surface area contributed by atoms with Crippen LogP contribution in [0.3, 0.4) is 0 Å². The summed E-state index contributed by atoms with van der Waals surface area (Å²) < 4.78 is 0. The van der Waals surface area contributed by atoms with Crippen molar-refractivity contribution in [2.45, 2.75) is 39.0 Å². The first-order valence-corrected chi connectivity index (χ1v) is 7.58. The second-order valence-electron chi connectivity index (χ2n) is 5.02. The number of hydrogen-bond acceptors (Lipinski definition) is 4. The maximum absolute atomic E-state index is 12.1. The lowest BCUT2D eigenvalue weighted by molar-refractivity contribution is -0.139. The van der Waals surface area contributed by atoms with Crippen LogP contribution >= 0.6 is 11.8 Å². The summed E-state index contributed by atoms with van der Waals surface area (Å²) in [6.45, 7) is 2.01. The number of thioether (sulfide) groups is 1. The lowest BCUT2D eigenvalue weighted by Gasteiger charge is -2.19. The molecule has 1 heterocycles. The van der Waals surface area contributed by atoms with Crippen LogP contribution in [0.25, 0.3) is 0 Å². The van der Waals surface area contributed by atoms with Gasteiger partial charge in [-0.1, -0.05) is 24.6 Å². The van der Waals surface area contributed by atoms with Crippen LogP contribution in [0.15, 0.2) is 0 Å². The molecular weight excluding hydrogens is 250 g/mol. The van der Waals surface area contributed by atoms with Crippen LogP contribution < -0.4 is 0 Å². The Kier molecular flexibility index (Phi) is 4.43. The first-order chi connectivity index (χ1) is 8.61. The van der Waals surface area contributed by atoms with E-state index in [4.69, 9.17) is 0 Å². The smallest absolute Gasteiger partial charge is 0.233 e. The lowest BCUT2D eigenvalue weighted by Crippen LogP contribution is -2.32. The van der Waals surface area contributed by atoms with Gasteiger partial charge in [-0.2, -0.15) is 0 Å². The SMILES string of the molecule is CC(=O)SCCCN1C(=O)[C@H]2CCCC[C@@H]2C1=O. The van der Waals surface area contributed by atoms with E-state index in [1.165, 1.54) is 23.6 Å². The minimum atomic E-state index is -0.0493.